The first-order valence-electron chi connectivity index (χ1n) is 21.7. The molecule has 10 aromatic rings. The second kappa shape index (κ2) is 16.0. The Morgan fingerprint density at radius 1 is 0.800 bits per heavy atom. The molecule has 0 fully saturated rings. The molecule has 303 valence electrons. The van der Waals surface area contributed by atoms with Crippen LogP contribution >= 0.6 is 0 Å². The summed E-state index contributed by atoms with van der Waals surface area (Å²) in [6.45, 7) is 12.5. The van der Waals surface area contributed by atoms with E-state index in [1.165, 1.54) is 23.4 Å². The first-order chi connectivity index (χ1) is 29.9. The van der Waals surface area contributed by atoms with Gasteiger partial charge in [0.25, 0.3) is 0 Å². The van der Waals surface area contributed by atoms with E-state index < -0.39 is 20.8 Å². The summed E-state index contributed by atoms with van der Waals surface area (Å²) >= 11 is 0. The molecule has 0 N–H and O–H groups in total. The van der Waals surface area contributed by atoms with E-state index in [0.29, 0.717) is 17.0 Å². The van der Waals surface area contributed by atoms with Crippen LogP contribution in [0.3, 0.4) is 0 Å². The second-order valence-electron chi connectivity index (χ2n) is 16.4. The van der Waals surface area contributed by atoms with Gasteiger partial charge in [-0.05, 0) is 71.5 Å². The molecule has 0 bridgehead atoms. The fourth-order valence-electron chi connectivity index (χ4n) is 7.88. The van der Waals surface area contributed by atoms with Crippen LogP contribution in [0, 0.1) is 24.8 Å². The van der Waals surface area contributed by atoms with Crippen LogP contribution in [0.4, 0.5) is 4.39 Å². The van der Waals surface area contributed by atoms with E-state index in [9.17, 15) is 4.39 Å². The Bertz CT molecular complexity index is 3360. The van der Waals surface area contributed by atoms with Crippen LogP contribution in [0.5, 0.6) is 0 Å². The third kappa shape index (κ3) is 7.29. The Morgan fingerprint density at radius 2 is 1.60 bits per heavy atom. The fourth-order valence-corrected chi connectivity index (χ4v) is 9.46. The first kappa shape index (κ1) is 36.1. The van der Waals surface area contributed by atoms with Crippen LogP contribution < -0.4 is 5.19 Å². The Balaban J connectivity index is 0.000000216. The van der Waals surface area contributed by atoms with Gasteiger partial charge in [0.2, 0.25) is 5.71 Å². The van der Waals surface area contributed by atoms with Gasteiger partial charge in [-0.2, -0.15) is 0 Å². The monoisotopic (exact) mass is 989 g/mol. The van der Waals surface area contributed by atoms with Crippen LogP contribution in [-0.2, 0) is 20.1 Å². The van der Waals surface area contributed by atoms with E-state index >= 15 is 0 Å². The number of hydrogen-bond donors (Lipinski definition) is 0. The van der Waals surface area contributed by atoms with Gasteiger partial charge in [0.15, 0.2) is 0 Å². The number of aryl methyl sites for hydroxylation is 1. The summed E-state index contributed by atoms with van der Waals surface area (Å²) in [5.41, 5.74) is 9.49. The molecule has 5 heterocycles. The van der Waals surface area contributed by atoms with Crippen LogP contribution in [-0.4, -0.2) is 27.6 Å². The van der Waals surface area contributed by atoms with Gasteiger partial charge < -0.3 is 18.4 Å². The number of fused-ring (bicyclic) bond motifs is 7. The van der Waals surface area contributed by atoms with Crippen molar-refractivity contribution in [2.75, 3.05) is 0 Å². The maximum Gasteiger partial charge on any atom is 0.216 e. The molecule has 0 atom stereocenters. The number of furan rings is 2. The Kier molecular flexibility index (Phi) is 9.66. The van der Waals surface area contributed by atoms with E-state index in [-0.39, 0.29) is 43.2 Å². The van der Waals surface area contributed by atoms with Crippen LogP contribution in [0.25, 0.3) is 83.4 Å². The molecule has 0 aliphatic carbocycles. The van der Waals surface area contributed by atoms with Gasteiger partial charge in [0.05, 0.1) is 41.6 Å². The number of rotatable bonds is 6. The van der Waals surface area contributed by atoms with Crippen LogP contribution in [0.1, 0.15) is 61.8 Å². The van der Waals surface area contributed by atoms with Crippen molar-refractivity contribution in [2.45, 2.75) is 66.0 Å². The average Bonchev–Trinajstić information content (AvgIpc) is 3.94. The van der Waals surface area contributed by atoms with Crippen molar-refractivity contribution >= 4 is 68.3 Å². The van der Waals surface area contributed by atoms with E-state index in [1.807, 2.05) is 74.6 Å². The maximum atomic E-state index is 13.0. The normalized spacial score (nSPS) is 13.3. The molecule has 0 saturated carbocycles. The smallest absolute Gasteiger partial charge is 0.216 e. The van der Waals surface area contributed by atoms with Crippen molar-refractivity contribution in [1.82, 2.24) is 19.5 Å². The largest absolute Gasteiger partial charge is 0.486 e. The number of pyridine rings is 2. The van der Waals surface area contributed by atoms with Crippen LogP contribution in [0.15, 0.2) is 124 Å². The number of hydrogen-bond acceptors (Lipinski definition) is 5. The Hall–Kier alpha value is -5.73. The molecule has 0 amide bonds. The van der Waals surface area contributed by atoms with Gasteiger partial charge in [0.1, 0.15) is 11.2 Å². The third-order valence-electron chi connectivity index (χ3n) is 10.8. The molecule has 0 saturated heterocycles. The quantitative estimate of drug-likeness (QED) is 0.123. The number of aromatic nitrogens is 4. The zero-order valence-corrected chi connectivity index (χ0v) is 37.8. The molecule has 6 nitrogen and oxygen atoms in total. The summed E-state index contributed by atoms with van der Waals surface area (Å²) in [5, 5.41) is 4.80. The second-order valence-corrected chi connectivity index (χ2v) is 21.5. The van der Waals surface area contributed by atoms with Crippen LogP contribution in [0.2, 0.25) is 19.6 Å². The minimum atomic E-state index is -2.34. The topological polar surface area (TPSA) is 69.9 Å². The van der Waals surface area contributed by atoms with Gasteiger partial charge in [-0.3, -0.25) is 9.37 Å². The van der Waals surface area contributed by atoms with E-state index in [4.69, 9.17) is 19.3 Å². The van der Waals surface area contributed by atoms with Gasteiger partial charge in [0, 0.05) is 54.1 Å². The molecule has 0 aliphatic heterocycles. The number of imidazole rings is 1. The molecule has 60 heavy (non-hydrogen) atoms. The summed E-state index contributed by atoms with van der Waals surface area (Å²) in [6.07, 6.45) is 1.89. The summed E-state index contributed by atoms with van der Waals surface area (Å²) in [7, 11) is -1.57. The molecule has 0 aliphatic rings. The van der Waals surface area contributed by atoms with Gasteiger partial charge in [-0.1, -0.05) is 106 Å². The van der Waals surface area contributed by atoms with Gasteiger partial charge >= 0.3 is 0 Å². The number of para-hydroxylation sites is 3. The molecule has 1 radical (unpaired) electrons. The molecule has 9 heteroatoms. The molecular formula is C51H45FIrN4O2Si-2. The zero-order chi connectivity index (χ0) is 44.6. The standard InChI is InChI=1S/C34H24N3O2.C17H21FNSi.Ir/c1-19(2)21-17-18-28(30-24-9-4-7-14-29(24)38-32(21)30)37-27-13-6-5-12-26(27)36-33(37)25-11-8-10-22-23-16-15-20(3)35-34(23)39-31(22)25;1-12(2)15-10-16(13-6-8-14(18)9-7-13)19-11-17(15)20(3,4)5;/h4-10,12-19H,1-3H3;6,8-12H,1-5H3;/q2*-1;/i3D3;12D;. The van der Waals surface area contributed by atoms with E-state index in [0.717, 1.165) is 71.8 Å². The Morgan fingerprint density at radius 3 is 2.35 bits per heavy atom. The summed E-state index contributed by atoms with van der Waals surface area (Å²) < 4.78 is 59.7. The molecular weight excluding hydrogens is 940 g/mol. The minimum absolute atomic E-state index is 0. The molecule has 5 aromatic heterocycles. The van der Waals surface area contributed by atoms with Crippen molar-refractivity contribution in [2.24, 2.45) is 0 Å². The Labute approximate surface area is 369 Å². The van der Waals surface area contributed by atoms with E-state index in [2.05, 4.69) is 84.4 Å². The molecule has 0 spiro atoms. The molecule has 10 rings (SSSR count). The average molecular weight is 989 g/mol. The molecule has 0 unspecified atom stereocenters. The summed E-state index contributed by atoms with van der Waals surface area (Å²) in [4.78, 5) is 14.0. The van der Waals surface area contributed by atoms with Gasteiger partial charge in [-0.25, -0.2) is 4.98 Å². The van der Waals surface area contributed by atoms with Crippen molar-refractivity contribution in [3.8, 4) is 28.3 Å². The predicted molar refractivity (Wildman–Crippen MR) is 242 cm³/mol. The summed E-state index contributed by atoms with van der Waals surface area (Å²) in [6, 6.07) is 40.1. The van der Waals surface area contributed by atoms with Crippen molar-refractivity contribution in [3.05, 3.63) is 150 Å². The van der Waals surface area contributed by atoms with Crippen molar-refractivity contribution in [3.63, 3.8) is 0 Å². The SMILES string of the molecule is [2H]C(C)(C)c1cc(-c2[c-]cc(F)cc2)ncc1[Si](C)(C)C.[2H]C([2H])([2H])c1ccc2c(n1)oc1c(-c3nc4ccccc4n3-c3ccc(C(C)C)c4oc5ccccc5c34)[c-]ccc12.[Ir]. The minimum Gasteiger partial charge on any atom is -0.486 e. The predicted octanol–water partition coefficient (Wildman–Crippen LogP) is 13.5. The zero-order valence-electron chi connectivity index (χ0n) is 38.4. The van der Waals surface area contributed by atoms with E-state index in [1.54, 1.807) is 12.1 Å². The molecule has 5 aromatic carbocycles. The number of benzene rings is 5. The van der Waals surface area contributed by atoms with Gasteiger partial charge in [-0.15, -0.1) is 48.0 Å². The van der Waals surface area contributed by atoms with Crippen molar-refractivity contribution < 1.29 is 38.8 Å². The fraction of sp³-hybridized carbons (Fsp3) is 0.196. The first-order valence-corrected chi connectivity index (χ1v) is 23.2. The number of halogens is 1. The number of nitrogens with zero attached hydrogens (tertiary/aromatic N) is 4. The summed E-state index contributed by atoms with van der Waals surface area (Å²) in [5.74, 6) is -0.0711. The maximum absolute atomic E-state index is 13.0. The van der Waals surface area contributed by atoms with Crippen molar-refractivity contribution in [1.29, 1.82) is 0 Å². The third-order valence-corrected chi connectivity index (χ3v) is 12.8.